The van der Waals surface area contributed by atoms with Crippen molar-refractivity contribution in [3.05, 3.63) is 65.4 Å². The number of carbonyl (C=O) groups excluding carboxylic acids is 2. The van der Waals surface area contributed by atoms with Crippen LogP contribution in [0.2, 0.25) is 0 Å². The van der Waals surface area contributed by atoms with Crippen LogP contribution in [0.3, 0.4) is 0 Å². The molecule has 32 heavy (non-hydrogen) atoms. The van der Waals surface area contributed by atoms with E-state index in [1.165, 1.54) is 7.11 Å². The number of ether oxygens (including phenoxy) is 3. The Morgan fingerprint density at radius 3 is 2.09 bits per heavy atom. The second-order valence-corrected chi connectivity index (χ2v) is 7.00. The Morgan fingerprint density at radius 1 is 0.906 bits per heavy atom. The van der Waals surface area contributed by atoms with Crippen LogP contribution in [0.1, 0.15) is 11.1 Å². The largest absolute Gasteiger partial charge is 0.496 e. The second kappa shape index (κ2) is 10.6. The van der Waals surface area contributed by atoms with E-state index in [1.54, 1.807) is 67.7 Å². The van der Waals surface area contributed by atoms with Gasteiger partial charge in [0.05, 0.1) is 43.2 Å². The second-order valence-electron chi connectivity index (χ2n) is 7.00. The third kappa shape index (κ3) is 4.49. The number of anilines is 1. The summed E-state index contributed by atoms with van der Waals surface area (Å²) in [6.45, 7) is 1.53. The Balaban J connectivity index is 2.16. The predicted molar refractivity (Wildman–Crippen MR) is 119 cm³/mol. The molecule has 1 heterocycles. The molecular formula is C24H25N3O5. The molecule has 1 aliphatic rings. The molecule has 0 saturated heterocycles. The topological polar surface area (TPSA) is 92.1 Å². The van der Waals surface area contributed by atoms with Crippen LogP contribution in [0.4, 0.5) is 5.69 Å². The van der Waals surface area contributed by atoms with E-state index in [-0.39, 0.29) is 11.3 Å². The molecule has 0 aromatic heterocycles. The van der Waals surface area contributed by atoms with Crippen molar-refractivity contribution < 1.29 is 23.8 Å². The van der Waals surface area contributed by atoms with Gasteiger partial charge in [-0.25, -0.2) is 4.90 Å². The van der Waals surface area contributed by atoms with Gasteiger partial charge in [-0.05, 0) is 30.3 Å². The van der Waals surface area contributed by atoms with Crippen molar-refractivity contribution in [2.45, 2.75) is 0 Å². The predicted octanol–water partition coefficient (Wildman–Crippen LogP) is 2.45. The van der Waals surface area contributed by atoms with Crippen molar-refractivity contribution in [1.29, 1.82) is 5.26 Å². The Bertz CT molecular complexity index is 1050. The molecule has 0 saturated carbocycles. The average Bonchev–Trinajstić information content (AvgIpc) is 3.09. The van der Waals surface area contributed by atoms with Gasteiger partial charge < -0.3 is 19.1 Å². The van der Waals surface area contributed by atoms with Crippen LogP contribution in [0.5, 0.6) is 5.75 Å². The maximum absolute atomic E-state index is 13.6. The van der Waals surface area contributed by atoms with Crippen LogP contribution in [-0.2, 0) is 19.1 Å². The first-order chi connectivity index (χ1) is 15.6. The van der Waals surface area contributed by atoms with E-state index in [9.17, 15) is 9.59 Å². The maximum atomic E-state index is 13.6. The minimum Gasteiger partial charge on any atom is -0.496 e. The standard InChI is InChI=1S/C24H25N3O5/c1-30-14-12-26(13-15-31-2)22-21(19-6-4-5-7-20(19)32-3)23(28)27(24(22)29)18-10-8-17(16-25)9-11-18/h4-11H,12-15H2,1-3H3. The zero-order valence-corrected chi connectivity index (χ0v) is 18.3. The zero-order valence-electron chi connectivity index (χ0n) is 18.3. The van der Waals surface area contributed by atoms with E-state index < -0.39 is 11.8 Å². The van der Waals surface area contributed by atoms with Gasteiger partial charge in [0.15, 0.2) is 0 Å². The summed E-state index contributed by atoms with van der Waals surface area (Å²) in [5.41, 5.74) is 1.87. The number of hydrogen-bond acceptors (Lipinski definition) is 7. The smallest absolute Gasteiger partial charge is 0.282 e. The fraction of sp³-hybridized carbons (Fsp3) is 0.292. The summed E-state index contributed by atoms with van der Waals surface area (Å²) in [6.07, 6.45) is 0. The average molecular weight is 435 g/mol. The molecule has 0 radical (unpaired) electrons. The fourth-order valence-corrected chi connectivity index (χ4v) is 3.56. The number of benzene rings is 2. The van der Waals surface area contributed by atoms with E-state index in [2.05, 4.69) is 0 Å². The van der Waals surface area contributed by atoms with Gasteiger partial charge in [0.25, 0.3) is 11.8 Å². The number of imide groups is 1. The molecule has 8 heteroatoms. The summed E-state index contributed by atoms with van der Waals surface area (Å²) in [6, 6.07) is 15.5. The first kappa shape index (κ1) is 23.0. The first-order valence-electron chi connectivity index (χ1n) is 10.1. The van der Waals surface area contributed by atoms with Crippen molar-refractivity contribution in [2.75, 3.05) is 52.5 Å². The van der Waals surface area contributed by atoms with Crippen LogP contribution in [-0.4, -0.2) is 64.3 Å². The van der Waals surface area contributed by atoms with Crippen LogP contribution in [0, 0.1) is 11.3 Å². The lowest BCUT2D eigenvalue weighted by atomic mass is 10.0. The van der Waals surface area contributed by atoms with E-state index in [0.29, 0.717) is 48.9 Å². The number of nitrogens with zero attached hydrogens (tertiary/aromatic N) is 3. The highest BCUT2D eigenvalue weighted by Gasteiger charge is 2.43. The molecule has 0 atom stereocenters. The Morgan fingerprint density at radius 2 is 1.53 bits per heavy atom. The van der Waals surface area contributed by atoms with E-state index in [1.807, 2.05) is 6.07 Å². The number of methoxy groups -OCH3 is 3. The first-order valence-corrected chi connectivity index (χ1v) is 10.1. The Labute approximate surface area is 187 Å². The van der Waals surface area contributed by atoms with Gasteiger partial charge in [-0.1, -0.05) is 18.2 Å². The molecule has 0 spiro atoms. The molecule has 8 nitrogen and oxygen atoms in total. The van der Waals surface area contributed by atoms with Gasteiger partial charge in [-0.2, -0.15) is 5.26 Å². The van der Waals surface area contributed by atoms with Crippen LogP contribution >= 0.6 is 0 Å². The van der Waals surface area contributed by atoms with Gasteiger partial charge >= 0.3 is 0 Å². The summed E-state index contributed by atoms with van der Waals surface area (Å²) in [4.78, 5) is 30.2. The minimum atomic E-state index is -0.459. The van der Waals surface area contributed by atoms with Crippen LogP contribution < -0.4 is 9.64 Å². The number of amides is 2. The summed E-state index contributed by atoms with van der Waals surface area (Å²) in [5.74, 6) is -0.423. The normalized spacial score (nSPS) is 13.5. The highest BCUT2D eigenvalue weighted by Crippen LogP contribution is 2.38. The van der Waals surface area contributed by atoms with Gasteiger partial charge in [-0.15, -0.1) is 0 Å². The van der Waals surface area contributed by atoms with Crippen LogP contribution in [0.15, 0.2) is 54.2 Å². The summed E-state index contributed by atoms with van der Waals surface area (Å²) >= 11 is 0. The van der Waals surface area contributed by atoms with E-state index in [4.69, 9.17) is 19.5 Å². The van der Waals surface area contributed by atoms with Crippen molar-refractivity contribution in [3.8, 4) is 11.8 Å². The SMILES string of the molecule is COCCN(CCOC)C1=C(c2ccccc2OC)C(=O)N(c2ccc(C#N)cc2)C1=O. The lowest BCUT2D eigenvalue weighted by Gasteiger charge is -2.25. The van der Waals surface area contributed by atoms with Gasteiger partial charge in [0.2, 0.25) is 0 Å². The number of rotatable bonds is 10. The highest BCUT2D eigenvalue weighted by molar-refractivity contribution is 6.45. The van der Waals surface area contributed by atoms with E-state index in [0.717, 1.165) is 4.90 Å². The summed E-state index contributed by atoms with van der Waals surface area (Å²) in [7, 11) is 4.68. The zero-order chi connectivity index (χ0) is 23.1. The molecule has 0 unspecified atom stereocenters. The van der Waals surface area contributed by atoms with Gasteiger partial charge in [-0.3, -0.25) is 9.59 Å². The maximum Gasteiger partial charge on any atom is 0.282 e. The number of hydrogen-bond donors (Lipinski definition) is 0. The minimum absolute atomic E-state index is 0.254. The summed E-state index contributed by atoms with van der Waals surface area (Å²) < 4.78 is 15.9. The van der Waals surface area contributed by atoms with Crippen molar-refractivity contribution in [3.63, 3.8) is 0 Å². The highest BCUT2D eigenvalue weighted by atomic mass is 16.5. The Kier molecular flexibility index (Phi) is 7.60. The van der Waals surface area contributed by atoms with Gasteiger partial charge in [0.1, 0.15) is 11.4 Å². The molecule has 0 N–H and O–H groups in total. The van der Waals surface area contributed by atoms with Crippen molar-refractivity contribution in [2.24, 2.45) is 0 Å². The molecule has 2 amide bonds. The lowest BCUT2D eigenvalue weighted by Crippen LogP contribution is -2.37. The molecule has 2 aromatic rings. The summed E-state index contributed by atoms with van der Waals surface area (Å²) in [5, 5.41) is 9.08. The molecule has 166 valence electrons. The molecule has 0 fully saturated rings. The quantitative estimate of drug-likeness (QED) is 0.529. The van der Waals surface area contributed by atoms with Gasteiger partial charge in [0, 0.05) is 32.9 Å². The van der Waals surface area contributed by atoms with Crippen LogP contribution in [0.25, 0.3) is 5.57 Å². The number of carbonyl (C=O) groups is 2. The third-order valence-electron chi connectivity index (χ3n) is 5.14. The molecule has 2 aromatic carbocycles. The molecule has 3 rings (SSSR count). The Hall–Kier alpha value is -3.67. The monoisotopic (exact) mass is 435 g/mol. The van der Waals surface area contributed by atoms with Crippen molar-refractivity contribution >= 4 is 23.1 Å². The molecule has 0 bridgehead atoms. The third-order valence-corrected chi connectivity index (χ3v) is 5.14. The fourth-order valence-electron chi connectivity index (χ4n) is 3.56. The number of nitriles is 1. The molecule has 0 aliphatic carbocycles. The van der Waals surface area contributed by atoms with E-state index >= 15 is 0 Å². The van der Waals surface area contributed by atoms with Crippen molar-refractivity contribution in [1.82, 2.24) is 4.90 Å². The molecular weight excluding hydrogens is 410 g/mol. The lowest BCUT2D eigenvalue weighted by molar-refractivity contribution is -0.120. The molecule has 1 aliphatic heterocycles. The number of para-hydroxylation sites is 1.